The molecular weight excluding hydrogens is 400 g/mol. The van der Waals surface area contributed by atoms with Crippen molar-refractivity contribution in [1.29, 1.82) is 0 Å². The third-order valence-electron chi connectivity index (χ3n) is 4.80. The van der Waals surface area contributed by atoms with E-state index >= 15 is 0 Å². The Balaban J connectivity index is 1.44. The van der Waals surface area contributed by atoms with Gasteiger partial charge in [0, 0.05) is 23.8 Å². The molecule has 0 bridgehead atoms. The molecule has 10 heteroatoms. The zero-order valence-electron chi connectivity index (χ0n) is 16.1. The minimum atomic E-state index is -0.506. The molecule has 1 aliphatic heterocycles. The molecule has 2 aromatic carbocycles. The van der Waals surface area contributed by atoms with Gasteiger partial charge in [0.25, 0.3) is 0 Å². The second-order valence-electron chi connectivity index (χ2n) is 6.72. The average molecular weight is 416 g/mol. The summed E-state index contributed by atoms with van der Waals surface area (Å²) in [6.45, 7) is 0.494. The molecule has 2 N–H and O–H groups in total. The fraction of sp³-hybridized carbons (Fsp3) is 0.0952. The van der Waals surface area contributed by atoms with Crippen molar-refractivity contribution in [3.63, 3.8) is 0 Å². The highest BCUT2D eigenvalue weighted by atomic mass is 16.7. The SMILES string of the molecule is O=[N+]([O-])c1c(NCc2ccc3c(c2)OCO3)ncnc1Nc1cccc2ncccc12. The normalized spacial score (nSPS) is 12.0. The molecule has 1 aliphatic rings. The molecule has 0 saturated carbocycles. The van der Waals surface area contributed by atoms with Gasteiger partial charge in [0.15, 0.2) is 11.5 Å². The van der Waals surface area contributed by atoms with Gasteiger partial charge in [-0.15, -0.1) is 0 Å². The standard InChI is InChI=1S/C21H16N6O4/c28-27(29)19-20(23-10-13-6-7-17-18(9-13)31-12-30-17)24-11-25-21(19)26-16-5-1-4-15-14(16)3-2-8-22-15/h1-9,11H,10,12H2,(H2,23,24,25,26). The van der Waals surface area contributed by atoms with Gasteiger partial charge in [-0.25, -0.2) is 9.97 Å². The van der Waals surface area contributed by atoms with Gasteiger partial charge in [0.1, 0.15) is 6.33 Å². The van der Waals surface area contributed by atoms with Crippen LogP contribution in [0.25, 0.3) is 10.9 Å². The number of aromatic nitrogens is 3. The summed E-state index contributed by atoms with van der Waals surface area (Å²) in [5.74, 6) is 1.51. The fourth-order valence-electron chi connectivity index (χ4n) is 3.35. The molecule has 5 rings (SSSR count). The molecule has 10 nitrogen and oxygen atoms in total. The molecule has 0 fully saturated rings. The van der Waals surface area contributed by atoms with Gasteiger partial charge < -0.3 is 20.1 Å². The number of anilines is 3. The lowest BCUT2D eigenvalue weighted by Crippen LogP contribution is -2.08. The van der Waals surface area contributed by atoms with Gasteiger partial charge in [-0.1, -0.05) is 12.1 Å². The number of nitrogens with one attached hydrogen (secondary N) is 2. The van der Waals surface area contributed by atoms with E-state index in [2.05, 4.69) is 25.6 Å². The van der Waals surface area contributed by atoms with Gasteiger partial charge in [-0.05, 0) is 42.0 Å². The summed E-state index contributed by atoms with van der Waals surface area (Å²) in [5, 5.41) is 18.8. The van der Waals surface area contributed by atoms with Gasteiger partial charge >= 0.3 is 5.69 Å². The van der Waals surface area contributed by atoms with Crippen molar-refractivity contribution in [3.8, 4) is 11.5 Å². The molecule has 0 atom stereocenters. The lowest BCUT2D eigenvalue weighted by Gasteiger charge is -2.11. The van der Waals surface area contributed by atoms with Crippen LogP contribution < -0.4 is 20.1 Å². The summed E-state index contributed by atoms with van der Waals surface area (Å²) in [7, 11) is 0. The highest BCUT2D eigenvalue weighted by Gasteiger charge is 2.24. The Hall–Kier alpha value is -4.47. The molecule has 31 heavy (non-hydrogen) atoms. The Labute approximate surface area is 176 Å². The number of hydrogen-bond acceptors (Lipinski definition) is 9. The van der Waals surface area contributed by atoms with Gasteiger partial charge in [-0.2, -0.15) is 0 Å². The van der Waals surface area contributed by atoms with Crippen molar-refractivity contribution < 1.29 is 14.4 Å². The molecule has 0 unspecified atom stereocenters. The molecule has 2 aromatic heterocycles. The third-order valence-corrected chi connectivity index (χ3v) is 4.80. The van der Waals surface area contributed by atoms with Gasteiger partial charge in [0.05, 0.1) is 10.4 Å². The van der Waals surface area contributed by atoms with E-state index in [0.717, 1.165) is 16.5 Å². The van der Waals surface area contributed by atoms with Crippen molar-refractivity contribution in [3.05, 3.63) is 76.7 Å². The Morgan fingerprint density at radius 3 is 2.77 bits per heavy atom. The van der Waals surface area contributed by atoms with Crippen molar-refractivity contribution in [2.24, 2.45) is 0 Å². The number of ether oxygens (including phenoxy) is 2. The number of fused-ring (bicyclic) bond motifs is 2. The predicted molar refractivity (Wildman–Crippen MR) is 114 cm³/mol. The minimum absolute atomic E-state index is 0.0875. The zero-order valence-corrected chi connectivity index (χ0v) is 16.1. The van der Waals surface area contributed by atoms with E-state index in [1.165, 1.54) is 6.33 Å². The molecular formula is C21H16N6O4. The Kier molecular flexibility index (Phi) is 4.64. The minimum Gasteiger partial charge on any atom is -0.454 e. The van der Waals surface area contributed by atoms with E-state index in [4.69, 9.17) is 9.47 Å². The van der Waals surface area contributed by atoms with Crippen molar-refractivity contribution in [1.82, 2.24) is 15.0 Å². The van der Waals surface area contributed by atoms with Crippen LogP contribution in [0.1, 0.15) is 5.56 Å². The first kappa shape index (κ1) is 18.6. The third kappa shape index (κ3) is 3.62. The maximum absolute atomic E-state index is 11.9. The summed E-state index contributed by atoms with van der Waals surface area (Å²) in [4.78, 5) is 23.8. The second kappa shape index (κ2) is 7.75. The summed E-state index contributed by atoms with van der Waals surface area (Å²) in [5.41, 5.74) is 2.05. The van der Waals surface area contributed by atoms with Gasteiger partial charge in [-0.3, -0.25) is 15.1 Å². The van der Waals surface area contributed by atoms with Crippen LogP contribution in [0, 0.1) is 10.1 Å². The Morgan fingerprint density at radius 1 is 1.00 bits per heavy atom. The number of rotatable bonds is 6. The number of nitrogens with zero attached hydrogens (tertiary/aromatic N) is 4. The van der Waals surface area contributed by atoms with Crippen LogP contribution >= 0.6 is 0 Å². The maximum atomic E-state index is 11.9. The average Bonchev–Trinajstić information content (AvgIpc) is 3.26. The van der Waals surface area contributed by atoms with Crippen molar-refractivity contribution in [2.45, 2.75) is 6.54 Å². The first-order valence-electron chi connectivity index (χ1n) is 9.41. The maximum Gasteiger partial charge on any atom is 0.353 e. The number of pyridine rings is 1. The Bertz CT molecular complexity index is 1290. The van der Waals surface area contributed by atoms with Crippen LogP contribution in [0.15, 0.2) is 61.1 Å². The summed E-state index contributed by atoms with van der Waals surface area (Å²) < 4.78 is 10.7. The van der Waals surface area contributed by atoms with Crippen LogP contribution in [0.4, 0.5) is 23.0 Å². The van der Waals surface area contributed by atoms with Crippen LogP contribution in [-0.2, 0) is 6.54 Å². The molecule has 3 heterocycles. The highest BCUT2D eigenvalue weighted by molar-refractivity contribution is 5.93. The number of benzene rings is 2. The van der Waals surface area contributed by atoms with E-state index in [1.54, 1.807) is 18.3 Å². The summed E-state index contributed by atoms with van der Waals surface area (Å²) in [6.07, 6.45) is 2.97. The summed E-state index contributed by atoms with van der Waals surface area (Å²) in [6, 6.07) is 14.7. The second-order valence-corrected chi connectivity index (χ2v) is 6.72. The molecule has 0 aliphatic carbocycles. The monoisotopic (exact) mass is 416 g/mol. The predicted octanol–water partition coefficient (Wildman–Crippen LogP) is 4.02. The molecule has 4 aromatic rings. The van der Waals surface area contributed by atoms with Crippen molar-refractivity contribution in [2.75, 3.05) is 17.4 Å². The van der Waals surface area contributed by atoms with Crippen LogP contribution in [0.3, 0.4) is 0 Å². The molecule has 0 saturated heterocycles. The largest absolute Gasteiger partial charge is 0.454 e. The van der Waals surface area contributed by atoms with Crippen LogP contribution in [0.5, 0.6) is 11.5 Å². The van der Waals surface area contributed by atoms with Gasteiger partial charge in [0.2, 0.25) is 18.4 Å². The van der Waals surface area contributed by atoms with E-state index in [1.807, 2.05) is 36.4 Å². The summed E-state index contributed by atoms with van der Waals surface area (Å²) >= 11 is 0. The number of hydrogen-bond donors (Lipinski definition) is 2. The smallest absolute Gasteiger partial charge is 0.353 e. The fourth-order valence-corrected chi connectivity index (χ4v) is 3.35. The lowest BCUT2D eigenvalue weighted by atomic mass is 10.2. The zero-order chi connectivity index (χ0) is 21.2. The first-order valence-corrected chi connectivity index (χ1v) is 9.41. The Morgan fingerprint density at radius 2 is 1.87 bits per heavy atom. The number of nitro groups is 1. The van der Waals surface area contributed by atoms with E-state index in [9.17, 15) is 10.1 Å². The lowest BCUT2D eigenvalue weighted by molar-refractivity contribution is -0.383. The van der Waals surface area contributed by atoms with Crippen LogP contribution in [-0.4, -0.2) is 26.7 Å². The van der Waals surface area contributed by atoms with Crippen molar-refractivity contribution >= 4 is 33.9 Å². The first-order chi connectivity index (χ1) is 15.2. The topological polar surface area (TPSA) is 124 Å². The molecule has 0 spiro atoms. The highest BCUT2D eigenvalue weighted by Crippen LogP contribution is 2.35. The van der Waals surface area contributed by atoms with E-state index < -0.39 is 4.92 Å². The van der Waals surface area contributed by atoms with Crippen LogP contribution in [0.2, 0.25) is 0 Å². The molecule has 154 valence electrons. The quantitative estimate of drug-likeness (QED) is 0.354. The molecule has 0 radical (unpaired) electrons. The van der Waals surface area contributed by atoms with E-state index in [-0.39, 0.29) is 24.1 Å². The molecule has 0 amide bonds. The van der Waals surface area contributed by atoms with E-state index in [0.29, 0.717) is 23.7 Å².